The summed E-state index contributed by atoms with van der Waals surface area (Å²) >= 11 is 8.15. The van der Waals surface area contributed by atoms with Gasteiger partial charge >= 0.3 is 0 Å². The zero-order valence-electron chi connectivity index (χ0n) is 15.1. The van der Waals surface area contributed by atoms with Crippen LogP contribution in [0.5, 0.6) is 0 Å². The van der Waals surface area contributed by atoms with Crippen LogP contribution in [0.3, 0.4) is 0 Å². The molecule has 1 aromatic carbocycles. The number of nitrogens with zero attached hydrogens (tertiary/aromatic N) is 2. The maximum atomic E-state index is 12.7. The van der Waals surface area contributed by atoms with Gasteiger partial charge < -0.3 is 10.0 Å². The summed E-state index contributed by atoms with van der Waals surface area (Å²) < 4.78 is 0.470. The van der Waals surface area contributed by atoms with Crippen molar-refractivity contribution >= 4 is 57.5 Å². The smallest absolute Gasteiger partial charge is 0.266 e. The molecule has 1 aliphatic rings. The molecule has 0 radical (unpaired) electrons. The third kappa shape index (κ3) is 5.29. The number of thiocarbonyl (C=S) groups is 1. The van der Waals surface area contributed by atoms with Crippen molar-refractivity contribution in [2.75, 3.05) is 19.7 Å². The van der Waals surface area contributed by atoms with Crippen LogP contribution in [0.1, 0.15) is 16.9 Å². The Morgan fingerprint density at radius 1 is 1.21 bits per heavy atom. The van der Waals surface area contributed by atoms with Gasteiger partial charge in [0.2, 0.25) is 5.91 Å². The topological polar surface area (TPSA) is 60.9 Å². The van der Waals surface area contributed by atoms with Gasteiger partial charge in [0.15, 0.2) is 0 Å². The fraction of sp³-hybridized carbons (Fsp3) is 0.250. The number of rotatable bonds is 8. The van der Waals surface area contributed by atoms with Crippen molar-refractivity contribution < 1.29 is 14.7 Å². The van der Waals surface area contributed by atoms with Gasteiger partial charge in [-0.05, 0) is 23.1 Å². The van der Waals surface area contributed by atoms with Crippen LogP contribution in [0, 0.1) is 0 Å². The molecule has 3 rings (SSSR count). The highest BCUT2D eigenvalue weighted by atomic mass is 32.2. The molecule has 0 aliphatic carbocycles. The third-order valence-electron chi connectivity index (χ3n) is 4.18. The van der Waals surface area contributed by atoms with Gasteiger partial charge in [0, 0.05) is 30.9 Å². The number of hydrogen-bond acceptors (Lipinski definition) is 6. The van der Waals surface area contributed by atoms with E-state index in [2.05, 4.69) is 0 Å². The first-order valence-electron chi connectivity index (χ1n) is 8.80. The van der Waals surface area contributed by atoms with Crippen LogP contribution in [0.15, 0.2) is 52.7 Å². The first kappa shape index (κ1) is 20.7. The van der Waals surface area contributed by atoms with Crippen LogP contribution < -0.4 is 0 Å². The molecule has 1 N–H and O–H groups in total. The van der Waals surface area contributed by atoms with Gasteiger partial charge in [0.25, 0.3) is 5.91 Å². The van der Waals surface area contributed by atoms with E-state index < -0.39 is 0 Å². The fourth-order valence-corrected chi connectivity index (χ4v) is 4.81. The molecule has 2 aromatic rings. The van der Waals surface area contributed by atoms with Gasteiger partial charge in [-0.2, -0.15) is 0 Å². The van der Waals surface area contributed by atoms with Crippen LogP contribution in [-0.2, 0) is 16.1 Å². The highest BCUT2D eigenvalue weighted by Gasteiger charge is 2.32. The maximum Gasteiger partial charge on any atom is 0.266 e. The molecule has 0 saturated carbocycles. The fourth-order valence-electron chi connectivity index (χ4n) is 2.78. The van der Waals surface area contributed by atoms with Crippen LogP contribution in [-0.4, -0.2) is 50.7 Å². The molecule has 1 saturated heterocycles. The first-order chi connectivity index (χ1) is 13.6. The molecular weight excluding hydrogens is 412 g/mol. The first-order valence-corrected chi connectivity index (χ1v) is 10.9. The number of thioether (sulfide) groups is 1. The molecule has 28 heavy (non-hydrogen) atoms. The summed E-state index contributed by atoms with van der Waals surface area (Å²) in [6.45, 7) is 0.812. The molecule has 8 heteroatoms. The van der Waals surface area contributed by atoms with Crippen LogP contribution in [0.25, 0.3) is 6.08 Å². The van der Waals surface area contributed by atoms with Gasteiger partial charge in [0.05, 0.1) is 11.5 Å². The second-order valence-corrected chi connectivity index (χ2v) is 8.78. The maximum absolute atomic E-state index is 12.7. The zero-order valence-corrected chi connectivity index (χ0v) is 17.6. The van der Waals surface area contributed by atoms with Crippen molar-refractivity contribution in [1.82, 2.24) is 9.80 Å². The number of aliphatic hydroxyl groups excluding tert-OH is 1. The van der Waals surface area contributed by atoms with E-state index in [1.54, 1.807) is 16.2 Å². The molecule has 1 aromatic heterocycles. The zero-order chi connectivity index (χ0) is 19.9. The summed E-state index contributed by atoms with van der Waals surface area (Å²) in [5, 5.41) is 11.2. The van der Waals surface area contributed by atoms with Gasteiger partial charge in [-0.3, -0.25) is 14.5 Å². The van der Waals surface area contributed by atoms with E-state index in [1.807, 2.05) is 53.9 Å². The van der Waals surface area contributed by atoms with Crippen molar-refractivity contribution in [3.63, 3.8) is 0 Å². The number of aliphatic hydroxyl groups is 1. The monoisotopic (exact) mass is 432 g/mol. The minimum absolute atomic E-state index is 0.108. The summed E-state index contributed by atoms with van der Waals surface area (Å²) in [4.78, 5) is 30.0. The lowest BCUT2D eigenvalue weighted by atomic mass is 10.2. The molecule has 1 aliphatic heterocycles. The largest absolute Gasteiger partial charge is 0.395 e. The van der Waals surface area contributed by atoms with E-state index in [9.17, 15) is 14.7 Å². The lowest BCUT2D eigenvalue weighted by Crippen LogP contribution is -2.37. The van der Waals surface area contributed by atoms with Gasteiger partial charge in [-0.25, -0.2) is 0 Å². The standard InChI is InChI=1S/C20H20N2O3S3/c23-11-10-21(14-15-5-2-1-3-6-15)18(24)8-9-22-19(25)17(28-20(22)26)13-16-7-4-12-27-16/h1-7,12-13,23H,8-11,14H2/b17-13-. The van der Waals surface area contributed by atoms with E-state index in [4.69, 9.17) is 12.2 Å². The summed E-state index contributed by atoms with van der Waals surface area (Å²) in [5.74, 6) is -0.276. The van der Waals surface area contributed by atoms with E-state index in [0.717, 1.165) is 10.4 Å². The molecule has 2 heterocycles. The minimum atomic E-state index is -0.159. The summed E-state index contributed by atoms with van der Waals surface area (Å²) in [6, 6.07) is 13.5. The lowest BCUT2D eigenvalue weighted by Gasteiger charge is -2.23. The Labute approximate surface area is 177 Å². The van der Waals surface area contributed by atoms with Crippen LogP contribution in [0.4, 0.5) is 0 Å². The van der Waals surface area contributed by atoms with Crippen molar-refractivity contribution in [3.05, 3.63) is 63.2 Å². The van der Waals surface area contributed by atoms with Crippen molar-refractivity contribution in [2.24, 2.45) is 0 Å². The number of carbonyl (C=O) groups is 2. The van der Waals surface area contributed by atoms with E-state index >= 15 is 0 Å². The third-order valence-corrected chi connectivity index (χ3v) is 6.38. The summed E-state index contributed by atoms with van der Waals surface area (Å²) in [5.41, 5.74) is 0.994. The lowest BCUT2D eigenvalue weighted by molar-refractivity contribution is -0.132. The van der Waals surface area contributed by atoms with E-state index in [-0.39, 0.29) is 37.9 Å². The highest BCUT2D eigenvalue weighted by molar-refractivity contribution is 8.26. The molecule has 146 valence electrons. The molecular formula is C20H20N2O3S3. The average molecular weight is 433 g/mol. The number of amides is 2. The molecule has 5 nitrogen and oxygen atoms in total. The number of hydrogen-bond donors (Lipinski definition) is 1. The molecule has 2 amide bonds. The molecule has 0 unspecified atom stereocenters. The Kier molecular flexibility index (Phi) is 7.38. The van der Waals surface area contributed by atoms with Crippen molar-refractivity contribution in [1.29, 1.82) is 0 Å². The number of carbonyl (C=O) groups excluding carboxylic acids is 2. The average Bonchev–Trinajstić information content (AvgIpc) is 3.29. The van der Waals surface area contributed by atoms with Crippen LogP contribution >= 0.6 is 35.3 Å². The highest BCUT2D eigenvalue weighted by Crippen LogP contribution is 2.33. The molecule has 0 spiro atoms. The molecule has 0 atom stereocenters. The molecule has 0 bridgehead atoms. The van der Waals surface area contributed by atoms with Gasteiger partial charge in [-0.1, -0.05) is 60.4 Å². The predicted octanol–water partition coefficient (Wildman–Crippen LogP) is 3.36. The Balaban J connectivity index is 1.60. The second-order valence-electron chi connectivity index (χ2n) is 6.12. The van der Waals surface area contributed by atoms with E-state index in [0.29, 0.717) is 15.8 Å². The summed E-state index contributed by atoms with van der Waals surface area (Å²) in [7, 11) is 0. The van der Waals surface area contributed by atoms with Crippen LogP contribution in [0.2, 0.25) is 0 Å². The summed E-state index contributed by atoms with van der Waals surface area (Å²) in [6.07, 6.45) is 1.99. The van der Waals surface area contributed by atoms with Gasteiger partial charge in [-0.15, -0.1) is 11.3 Å². The Morgan fingerprint density at radius 3 is 2.68 bits per heavy atom. The van der Waals surface area contributed by atoms with Gasteiger partial charge in [0.1, 0.15) is 4.32 Å². The number of benzene rings is 1. The van der Waals surface area contributed by atoms with Crippen molar-refractivity contribution in [2.45, 2.75) is 13.0 Å². The Hall–Kier alpha value is -2.00. The Bertz CT molecular complexity index is 866. The Morgan fingerprint density at radius 2 is 2.00 bits per heavy atom. The van der Waals surface area contributed by atoms with E-state index in [1.165, 1.54) is 16.7 Å². The minimum Gasteiger partial charge on any atom is -0.395 e. The quantitative estimate of drug-likeness (QED) is 0.512. The van der Waals surface area contributed by atoms with Crippen molar-refractivity contribution in [3.8, 4) is 0 Å². The molecule has 1 fully saturated rings. The number of thiophene rings is 1. The normalized spacial score (nSPS) is 15.5. The second kappa shape index (κ2) is 9.97. The predicted molar refractivity (Wildman–Crippen MR) is 118 cm³/mol. The SMILES string of the molecule is O=C(CCN1C(=O)/C(=C/c2cccs2)SC1=S)N(CCO)Cc1ccccc1.